The average molecular weight is 1680 g/mol. The van der Waals surface area contributed by atoms with Gasteiger partial charge in [-0.2, -0.15) is 0 Å². The molecular formula is C81H114N14O21S2. The summed E-state index contributed by atoms with van der Waals surface area (Å²) >= 11 is 0. The number of carbonyl (C=O) groups is 11. The van der Waals surface area contributed by atoms with Crippen molar-refractivity contribution < 1.29 is 98.4 Å². The van der Waals surface area contributed by atoms with E-state index in [-0.39, 0.29) is 61.1 Å². The van der Waals surface area contributed by atoms with Crippen molar-refractivity contribution in [3.63, 3.8) is 0 Å². The van der Waals surface area contributed by atoms with E-state index in [0.29, 0.717) is 63.3 Å². The maximum Gasteiger partial charge on any atom is 0.407 e. The van der Waals surface area contributed by atoms with E-state index >= 15 is 0 Å². The van der Waals surface area contributed by atoms with Gasteiger partial charge in [0.25, 0.3) is 20.0 Å². The molecule has 15 N–H and O–H groups in total. The number of benzene rings is 4. The second-order valence-electron chi connectivity index (χ2n) is 33.2. The zero-order chi connectivity index (χ0) is 88.4. The van der Waals surface area contributed by atoms with Crippen molar-refractivity contribution in [1.29, 1.82) is 0 Å². The first-order valence-electron chi connectivity index (χ1n) is 38.8. The Morgan fingerprint density at radius 3 is 1.17 bits per heavy atom. The molecule has 0 bridgehead atoms. The molecule has 118 heavy (non-hydrogen) atoms. The van der Waals surface area contributed by atoms with Crippen LogP contribution in [0.25, 0.3) is 11.1 Å². The van der Waals surface area contributed by atoms with Gasteiger partial charge in [0.05, 0.1) is 22.6 Å². The van der Waals surface area contributed by atoms with Crippen LogP contribution in [-0.4, -0.2) is 190 Å². The molecule has 4 aromatic carbocycles. The molecule has 3 aliphatic rings. The van der Waals surface area contributed by atoms with Crippen LogP contribution in [-0.2, 0) is 95.0 Å². The number of sulfonamides is 2. The van der Waals surface area contributed by atoms with E-state index in [1.807, 2.05) is 76.2 Å². The molecule has 646 valence electrons. The van der Waals surface area contributed by atoms with Crippen molar-refractivity contribution in [2.75, 3.05) is 19.7 Å². The molecule has 37 heteroatoms. The normalized spacial score (nSPS) is 16.2. The van der Waals surface area contributed by atoms with Gasteiger partial charge in [0.2, 0.25) is 53.3 Å². The highest BCUT2D eigenvalue weighted by Gasteiger charge is 2.41. The van der Waals surface area contributed by atoms with Gasteiger partial charge in [-0.3, -0.25) is 57.9 Å². The van der Waals surface area contributed by atoms with Gasteiger partial charge in [0.1, 0.15) is 88.8 Å². The quantitative estimate of drug-likeness (QED) is 0.0102. The number of esters is 2. The summed E-state index contributed by atoms with van der Waals surface area (Å²) in [4.78, 5) is 160. The van der Waals surface area contributed by atoms with Crippen LogP contribution in [0.3, 0.4) is 0 Å². The van der Waals surface area contributed by atoms with Crippen LogP contribution >= 0.6 is 0 Å². The maximum atomic E-state index is 14.5. The van der Waals surface area contributed by atoms with Crippen LogP contribution in [0.4, 0.5) is 4.79 Å². The summed E-state index contributed by atoms with van der Waals surface area (Å²) in [6.45, 7) is 31.1. The number of ether oxygens (including phenoxy) is 5. The topological polar surface area (TPSA) is 519 Å². The number of amides is 8. The number of nitrogens with zero attached hydrogens (tertiary/aromatic N) is 2. The molecule has 4 aromatic rings. The highest BCUT2D eigenvalue weighted by atomic mass is 32.2. The van der Waals surface area contributed by atoms with Crippen molar-refractivity contribution in [3.8, 4) is 22.6 Å². The Kier molecular flexibility index (Phi) is 30.4. The molecule has 0 saturated carbocycles. The van der Waals surface area contributed by atoms with Crippen LogP contribution in [0.2, 0.25) is 0 Å². The van der Waals surface area contributed by atoms with Crippen LogP contribution in [0.5, 0.6) is 11.5 Å². The summed E-state index contributed by atoms with van der Waals surface area (Å²) < 4.78 is 89.9. The smallest absolute Gasteiger partial charge is 0.407 e. The minimum absolute atomic E-state index is 0.0155. The zero-order valence-electron chi connectivity index (χ0n) is 70.6. The lowest BCUT2D eigenvalue weighted by Gasteiger charge is -2.26. The van der Waals surface area contributed by atoms with E-state index in [2.05, 4.69) is 62.0 Å². The maximum absolute atomic E-state index is 14.5. The largest absolute Gasteiger partial charge is 0.487 e. The molecule has 0 fully saturated rings. The van der Waals surface area contributed by atoms with Gasteiger partial charge in [0, 0.05) is 43.0 Å². The number of carboxylic acid groups (broad SMARTS) is 1. The molecule has 7 rings (SSSR count). The fraction of sp³-hybridized carbons (Fsp3) is 0.543. The van der Waals surface area contributed by atoms with Crippen LogP contribution < -0.4 is 72.9 Å². The number of aliphatic carboxylic acids is 1. The number of hydrogen-bond acceptors (Lipinski definition) is 22. The molecular weight excluding hydrogens is 1570 g/mol. The first-order chi connectivity index (χ1) is 54.6. The highest BCUT2D eigenvalue weighted by molar-refractivity contribution is 7.90. The number of rotatable bonds is 34. The summed E-state index contributed by atoms with van der Waals surface area (Å²) in [5.74, 6) is -11.1. The van der Waals surface area contributed by atoms with Crippen molar-refractivity contribution in [1.82, 2.24) is 52.0 Å². The zero-order valence-corrected chi connectivity index (χ0v) is 72.2. The number of guanidine groups is 2. The molecule has 1 aliphatic carbocycles. The van der Waals surface area contributed by atoms with Crippen LogP contribution in [0.1, 0.15) is 197 Å². The van der Waals surface area contributed by atoms with Gasteiger partial charge in [-0.05, 0) is 220 Å². The number of fused-ring (bicyclic) bond motifs is 5. The first-order valence-corrected chi connectivity index (χ1v) is 41.8. The van der Waals surface area contributed by atoms with Gasteiger partial charge in [-0.15, -0.1) is 0 Å². The summed E-state index contributed by atoms with van der Waals surface area (Å²) in [6, 6.07) is 2.26. The number of alkyl carbamates (subject to hydrolysis) is 1. The molecule has 35 nitrogen and oxygen atoms in total. The van der Waals surface area contributed by atoms with Gasteiger partial charge < -0.3 is 82.8 Å². The molecule has 0 aromatic heterocycles. The molecule has 2 heterocycles. The van der Waals surface area contributed by atoms with Gasteiger partial charge >= 0.3 is 24.0 Å². The van der Waals surface area contributed by atoms with Crippen molar-refractivity contribution in [2.24, 2.45) is 21.5 Å². The van der Waals surface area contributed by atoms with Crippen molar-refractivity contribution in [2.45, 2.75) is 276 Å². The summed E-state index contributed by atoms with van der Waals surface area (Å²) in [7, 11) is -8.70. The molecule has 0 unspecified atom stereocenters. The molecule has 0 spiro atoms. The van der Waals surface area contributed by atoms with Crippen molar-refractivity contribution >= 4 is 97.3 Å². The first kappa shape index (κ1) is 94.0. The van der Waals surface area contributed by atoms with E-state index < -0.39 is 181 Å². The minimum Gasteiger partial charge on any atom is -0.487 e. The van der Waals surface area contributed by atoms with Crippen LogP contribution in [0, 0.1) is 41.5 Å². The predicted molar refractivity (Wildman–Crippen MR) is 437 cm³/mol. The number of nitrogens with two attached hydrogens (primary N) is 2. The van der Waals surface area contributed by atoms with Crippen molar-refractivity contribution in [3.05, 3.63) is 104 Å². The third-order valence-corrected chi connectivity index (χ3v) is 23.1. The Balaban J connectivity index is 1.08. The van der Waals surface area contributed by atoms with E-state index in [1.54, 1.807) is 83.1 Å². The summed E-state index contributed by atoms with van der Waals surface area (Å²) in [5.41, 5.74) is 17.3. The summed E-state index contributed by atoms with van der Waals surface area (Å²) in [6.07, 6.45) is -2.50. The average Bonchev–Trinajstić information content (AvgIpc) is 1.55. The predicted octanol–water partition coefficient (Wildman–Crippen LogP) is 4.34. The minimum atomic E-state index is -4.38. The Bertz CT molecular complexity index is 4830. The fourth-order valence-electron chi connectivity index (χ4n) is 14.0. The lowest BCUT2D eigenvalue weighted by molar-refractivity contribution is -0.157. The SMILES string of the molecule is Cc1c(C)c(S(=O)(=O)NC(N)=NCCC[C@H](NC(=O)OCC2c3ccccc3-c3ccccc32)C(=O)N[C@@H](C)C(=O)N[C@@H](CC(=O)OC(C)(C)C)C(=O)N[C@@H](C)C(=O)N[C@@H](CCCN=C(N)NS(=O)(=O)c2c(C)c(C)c3c(c2C)CC(C)(C)O3)C(=O)N[C@@H](C)C(=O)N[C@@H](CC(=O)OC(C)(C)C)C(=O)N[C@@H](C)C(=O)O)c(C)c2c1OC(C)(C)C2. The van der Waals surface area contributed by atoms with E-state index in [0.717, 1.165) is 34.7 Å². The number of aliphatic imine (C=N–C) groups is 2. The Hall–Kier alpha value is -11.1. The Morgan fingerprint density at radius 1 is 0.483 bits per heavy atom. The third-order valence-electron chi connectivity index (χ3n) is 19.9. The summed E-state index contributed by atoms with van der Waals surface area (Å²) in [5, 5.41) is 28.9. The molecule has 2 aliphatic heterocycles. The van der Waals surface area contributed by atoms with Gasteiger partial charge in [-0.1, -0.05) is 48.5 Å². The van der Waals surface area contributed by atoms with E-state index in [4.69, 9.17) is 35.2 Å². The lowest BCUT2D eigenvalue weighted by atomic mass is 9.94. The lowest BCUT2D eigenvalue weighted by Crippen LogP contribution is -2.59. The Labute approximate surface area is 688 Å². The van der Waals surface area contributed by atoms with E-state index in [9.17, 15) is 74.7 Å². The molecule has 8 atom stereocenters. The van der Waals surface area contributed by atoms with Gasteiger partial charge in [-0.25, -0.2) is 31.1 Å². The van der Waals surface area contributed by atoms with Gasteiger partial charge in [0.15, 0.2) is 0 Å². The number of carboxylic acids is 1. The third kappa shape index (κ3) is 24.7. The van der Waals surface area contributed by atoms with E-state index in [1.165, 1.54) is 20.8 Å². The van der Waals surface area contributed by atoms with Crippen LogP contribution in [0.15, 0.2) is 68.3 Å². The monoisotopic (exact) mass is 1680 g/mol. The number of nitrogens with one attached hydrogen (secondary N) is 10. The second-order valence-corrected chi connectivity index (χ2v) is 36.4. The highest BCUT2D eigenvalue weighted by Crippen LogP contribution is 2.47. The molecule has 0 radical (unpaired) electrons. The number of carbonyl (C=O) groups excluding carboxylic acids is 10. The Morgan fingerprint density at radius 2 is 0.814 bits per heavy atom. The molecule has 8 amide bonds. The number of hydrogen-bond donors (Lipinski definition) is 13. The fourth-order valence-corrected chi connectivity index (χ4v) is 17.0. The second kappa shape index (κ2) is 38.1. The standard InChI is InChI=1S/C81H114N14O21S2/c1-40-42(3)65(44(5)54-37-80(17,18)115-63(40)54)117(108,109)94-75(82)84-33-25-31-57(70(101)86-47(8)68(99)92-60(36-62(97)114-79(14,15)16)73(104)89-49(10)74(105)106)90-67(98)46(7)88-72(103)59(35-61(96)113-78(11,12)13)91-69(100)48(9)87-71(102)58(93-77(107)112-39-56-52-29-23-21-27-50(52)51-28-22-24-30-53(51)56)32-26-34-85-76(83)95-118(110,111)66-43(4)41(2)64-55(45(66)6)38-81(19,20)116-64/h21-24,27-30,46-49,56-60H,25-26,31-39H2,1-20H3,(H,86,101)(H,87,102)(H,88,103)(H,89,104)(H,90,98)(H,91,100)(H,92,99)(H,93,107)(H,105,106)(H3,82,84,94)(H3,83,85,95)/t46-,47-,48-,49-,57-,58-,59-,60-/m0/s1. The molecule has 0 saturated heterocycles.